The molecule has 1 aliphatic rings. The van der Waals surface area contributed by atoms with Crippen molar-refractivity contribution in [2.45, 2.75) is 20.8 Å². The Labute approximate surface area is 146 Å². The molecule has 0 unspecified atom stereocenters. The van der Waals surface area contributed by atoms with Gasteiger partial charge in [-0.3, -0.25) is 4.98 Å². The van der Waals surface area contributed by atoms with Crippen LogP contribution < -0.4 is 9.30 Å². The van der Waals surface area contributed by atoms with Gasteiger partial charge in [0, 0.05) is 23.2 Å². The van der Waals surface area contributed by atoms with Gasteiger partial charge in [-0.2, -0.15) is 0 Å². The lowest BCUT2D eigenvalue weighted by atomic mass is 9.90. The van der Waals surface area contributed by atoms with Crippen LogP contribution in [0.4, 0.5) is 0 Å². The number of hydrogen-bond donors (Lipinski definition) is 0. The molecule has 0 saturated heterocycles. The Hall–Kier alpha value is -2.94. The van der Waals surface area contributed by atoms with E-state index in [-0.39, 0.29) is 0 Å². The molecule has 1 aliphatic heterocycles. The zero-order valence-corrected chi connectivity index (χ0v) is 14.8. The summed E-state index contributed by atoms with van der Waals surface area (Å²) in [6.07, 6.45) is 3.99. The van der Waals surface area contributed by atoms with Crippen molar-refractivity contribution in [3.05, 3.63) is 59.4 Å². The Morgan fingerprint density at radius 1 is 1.04 bits per heavy atom. The summed E-state index contributed by atoms with van der Waals surface area (Å²) < 4.78 is 8.66. The first-order chi connectivity index (χ1) is 12.1. The standard InChI is InChI=1S/C22H19N2O/c1-12-10-15-7-9-24(4)21-18-13(2)16-6-5-8-23-20(16)14(3)22(18)25-17(11-12)19(15)21/h5-11H,1-4H3/q+1. The highest BCUT2D eigenvalue weighted by atomic mass is 16.5. The highest BCUT2D eigenvalue weighted by molar-refractivity contribution is 6.05. The summed E-state index contributed by atoms with van der Waals surface area (Å²) in [7, 11) is 2.11. The van der Waals surface area contributed by atoms with Gasteiger partial charge in [0.05, 0.1) is 16.5 Å². The number of nitrogens with zero attached hydrogens (tertiary/aromatic N) is 2. The Morgan fingerprint density at radius 2 is 1.88 bits per heavy atom. The molecule has 122 valence electrons. The van der Waals surface area contributed by atoms with E-state index in [9.17, 15) is 0 Å². The van der Waals surface area contributed by atoms with Crippen LogP contribution in [0.2, 0.25) is 0 Å². The average Bonchev–Trinajstić information content (AvgIpc) is 2.61. The second-order valence-electron chi connectivity index (χ2n) is 6.96. The molecule has 0 radical (unpaired) electrons. The summed E-state index contributed by atoms with van der Waals surface area (Å²) in [5.74, 6) is 1.87. The summed E-state index contributed by atoms with van der Waals surface area (Å²) in [6, 6.07) is 10.7. The molecule has 0 spiro atoms. The molecule has 0 N–H and O–H groups in total. The molecular formula is C22H19N2O+. The molecule has 0 fully saturated rings. The minimum atomic E-state index is 0.935. The van der Waals surface area contributed by atoms with E-state index in [1.165, 1.54) is 38.5 Å². The number of hydrogen-bond acceptors (Lipinski definition) is 2. The van der Waals surface area contributed by atoms with Crippen LogP contribution in [0.25, 0.3) is 32.9 Å². The van der Waals surface area contributed by atoms with Crippen molar-refractivity contribution in [2.24, 2.45) is 7.05 Å². The van der Waals surface area contributed by atoms with Crippen LogP contribution in [0, 0.1) is 20.8 Å². The largest absolute Gasteiger partial charge is 0.455 e. The van der Waals surface area contributed by atoms with Gasteiger partial charge in [-0.1, -0.05) is 12.1 Å². The molecular weight excluding hydrogens is 308 g/mol. The quantitative estimate of drug-likeness (QED) is 0.378. The number of fused-ring (bicyclic) bond motifs is 3. The first-order valence-corrected chi connectivity index (χ1v) is 8.55. The van der Waals surface area contributed by atoms with Crippen molar-refractivity contribution in [3.8, 4) is 22.8 Å². The molecule has 2 aromatic heterocycles. The second-order valence-corrected chi connectivity index (χ2v) is 6.96. The molecule has 3 heterocycles. The smallest absolute Gasteiger partial charge is 0.228 e. The number of ether oxygens (including phenoxy) is 1. The lowest BCUT2D eigenvalue weighted by molar-refractivity contribution is -0.659. The van der Waals surface area contributed by atoms with Crippen LogP contribution in [0.15, 0.2) is 42.7 Å². The third-order valence-electron chi connectivity index (χ3n) is 5.30. The molecule has 2 aromatic carbocycles. The molecule has 3 nitrogen and oxygen atoms in total. The highest BCUT2D eigenvalue weighted by Gasteiger charge is 2.32. The zero-order chi connectivity index (χ0) is 17.3. The minimum Gasteiger partial charge on any atom is -0.455 e. The third kappa shape index (κ3) is 1.81. The van der Waals surface area contributed by atoms with E-state index < -0.39 is 0 Å². The van der Waals surface area contributed by atoms with Gasteiger partial charge in [0.2, 0.25) is 5.69 Å². The minimum absolute atomic E-state index is 0.935. The van der Waals surface area contributed by atoms with Crippen LogP contribution in [-0.4, -0.2) is 4.98 Å². The Balaban J connectivity index is 2.05. The molecule has 0 atom stereocenters. The van der Waals surface area contributed by atoms with Gasteiger partial charge in [0.15, 0.2) is 6.20 Å². The maximum atomic E-state index is 6.45. The fraction of sp³-hybridized carbons (Fsp3) is 0.182. The van der Waals surface area contributed by atoms with Crippen molar-refractivity contribution in [1.82, 2.24) is 4.98 Å². The molecule has 0 saturated carbocycles. The van der Waals surface area contributed by atoms with Crippen LogP contribution in [0.3, 0.4) is 0 Å². The van der Waals surface area contributed by atoms with Crippen molar-refractivity contribution in [2.75, 3.05) is 0 Å². The monoisotopic (exact) mass is 327 g/mol. The lowest BCUT2D eigenvalue weighted by Gasteiger charge is -2.23. The second kappa shape index (κ2) is 4.79. The van der Waals surface area contributed by atoms with Crippen LogP contribution >= 0.6 is 0 Å². The SMILES string of the molecule is Cc1cc2c3c([n+](C)ccc3c1)-c1c(c(C)c3ncccc3c1C)O2. The van der Waals surface area contributed by atoms with Crippen LogP contribution in [-0.2, 0) is 7.05 Å². The zero-order valence-electron chi connectivity index (χ0n) is 14.8. The third-order valence-corrected chi connectivity index (χ3v) is 5.30. The topological polar surface area (TPSA) is 26.0 Å². The molecule has 5 rings (SSSR count). The summed E-state index contributed by atoms with van der Waals surface area (Å²) >= 11 is 0. The predicted octanol–water partition coefficient (Wildman–Crippen LogP) is 4.91. The van der Waals surface area contributed by atoms with E-state index in [2.05, 4.69) is 67.8 Å². The highest BCUT2D eigenvalue weighted by Crippen LogP contribution is 2.49. The number of pyridine rings is 2. The van der Waals surface area contributed by atoms with Crippen molar-refractivity contribution in [3.63, 3.8) is 0 Å². The van der Waals surface area contributed by atoms with Crippen molar-refractivity contribution in [1.29, 1.82) is 0 Å². The summed E-state index contributed by atoms with van der Waals surface area (Å²) in [5.41, 5.74) is 6.95. The van der Waals surface area contributed by atoms with Crippen molar-refractivity contribution >= 4 is 21.7 Å². The first-order valence-electron chi connectivity index (χ1n) is 8.55. The van der Waals surface area contributed by atoms with E-state index in [1.807, 2.05) is 12.3 Å². The van der Waals surface area contributed by atoms with Gasteiger partial charge in [-0.05, 0) is 49.4 Å². The van der Waals surface area contributed by atoms with E-state index in [0.717, 1.165) is 22.6 Å². The van der Waals surface area contributed by atoms with E-state index >= 15 is 0 Å². The van der Waals surface area contributed by atoms with Gasteiger partial charge in [-0.25, -0.2) is 4.57 Å². The predicted molar refractivity (Wildman–Crippen MR) is 100 cm³/mol. The van der Waals surface area contributed by atoms with E-state index in [1.54, 1.807) is 0 Å². The van der Waals surface area contributed by atoms with Gasteiger partial charge in [0.25, 0.3) is 0 Å². The number of rotatable bonds is 0. The Morgan fingerprint density at radius 3 is 2.72 bits per heavy atom. The van der Waals surface area contributed by atoms with E-state index in [0.29, 0.717) is 0 Å². The normalized spacial score (nSPS) is 12.3. The van der Waals surface area contributed by atoms with Crippen molar-refractivity contribution < 1.29 is 9.30 Å². The number of aromatic nitrogens is 2. The van der Waals surface area contributed by atoms with Gasteiger partial charge in [-0.15, -0.1) is 0 Å². The summed E-state index contributed by atoms with van der Waals surface area (Å²) in [4.78, 5) is 4.61. The Kier molecular flexibility index (Phi) is 2.76. The number of aryl methyl sites for hydroxylation is 4. The van der Waals surface area contributed by atoms with Gasteiger partial charge in [0.1, 0.15) is 18.5 Å². The van der Waals surface area contributed by atoms with Crippen LogP contribution in [0.1, 0.15) is 16.7 Å². The van der Waals surface area contributed by atoms with Crippen LogP contribution in [0.5, 0.6) is 11.5 Å². The average molecular weight is 327 g/mol. The first kappa shape index (κ1) is 14.4. The maximum Gasteiger partial charge on any atom is 0.228 e. The molecule has 0 bridgehead atoms. The summed E-state index contributed by atoms with van der Waals surface area (Å²) in [6.45, 7) is 6.39. The van der Waals surface area contributed by atoms with Gasteiger partial charge >= 0.3 is 0 Å². The molecule has 0 aliphatic carbocycles. The molecule has 3 heteroatoms. The fourth-order valence-corrected chi connectivity index (χ4v) is 4.12. The number of benzene rings is 2. The lowest BCUT2D eigenvalue weighted by Crippen LogP contribution is -2.32. The fourth-order valence-electron chi connectivity index (χ4n) is 4.12. The maximum absolute atomic E-state index is 6.45. The molecule has 4 aromatic rings. The molecule has 25 heavy (non-hydrogen) atoms. The molecule has 0 amide bonds. The van der Waals surface area contributed by atoms with E-state index in [4.69, 9.17) is 4.74 Å². The Bertz CT molecular complexity index is 1210. The van der Waals surface area contributed by atoms with Gasteiger partial charge < -0.3 is 4.74 Å². The summed E-state index contributed by atoms with van der Waals surface area (Å²) in [5, 5.41) is 3.60.